The van der Waals surface area contributed by atoms with Gasteiger partial charge in [-0.05, 0) is 12.1 Å². The molecule has 0 aromatic heterocycles. The molecular weight excluding hydrogens is 293 g/mol. The molecule has 0 aliphatic heterocycles. The molecule has 18 heavy (non-hydrogen) atoms. The van der Waals surface area contributed by atoms with Crippen LogP contribution in [0.25, 0.3) is 0 Å². The lowest BCUT2D eigenvalue weighted by Gasteiger charge is -2.14. The molecule has 0 saturated carbocycles. The number of benzene rings is 1. The van der Waals surface area contributed by atoms with Gasteiger partial charge in [0.25, 0.3) is 0 Å². The Hall–Kier alpha value is -1.09. The van der Waals surface area contributed by atoms with E-state index in [4.69, 9.17) is 0 Å². The zero-order valence-electron chi connectivity index (χ0n) is 9.32. The van der Waals surface area contributed by atoms with Crippen LogP contribution in [0.4, 0.5) is 13.2 Å². The average molecular weight is 302 g/mol. The monoisotopic (exact) mass is 302 g/mol. The fourth-order valence-electron chi connectivity index (χ4n) is 1.41. The normalized spacial score (nSPS) is 13.6. The average Bonchev–Trinajstić information content (AvgIpc) is 2.12. The second-order valence-electron chi connectivity index (χ2n) is 3.67. The van der Waals surface area contributed by atoms with Gasteiger partial charge in [0.2, 0.25) is 0 Å². The molecule has 0 unspecified atom stereocenters. The molecule has 0 radical (unpaired) electrons. The number of hydrogen-bond donors (Lipinski definition) is 0. The van der Waals surface area contributed by atoms with E-state index >= 15 is 0 Å². The molecule has 0 atom stereocenters. The second-order valence-corrected chi connectivity index (χ2v) is 7.61. The molecule has 1 rings (SSSR count). The van der Waals surface area contributed by atoms with Crippen molar-refractivity contribution in [1.29, 1.82) is 0 Å². The second kappa shape index (κ2) is 4.23. The van der Waals surface area contributed by atoms with Crippen molar-refractivity contribution in [3.05, 3.63) is 23.8 Å². The SMILES string of the molecule is CS(=O)(=O)c1cccc(C(F)(F)F)c1S(C)(=O)=O. The van der Waals surface area contributed by atoms with E-state index in [1.54, 1.807) is 0 Å². The molecule has 0 heterocycles. The standard InChI is InChI=1S/C9H9F3O4S2/c1-17(13,14)7-5-3-4-6(9(10,11)12)8(7)18(2,15)16/h3-5H,1-2H3. The van der Waals surface area contributed by atoms with Crippen molar-refractivity contribution < 1.29 is 30.0 Å². The van der Waals surface area contributed by atoms with E-state index in [1.807, 2.05) is 0 Å². The fourth-order valence-corrected chi connectivity index (χ4v) is 4.11. The van der Waals surface area contributed by atoms with Crippen LogP contribution < -0.4 is 0 Å². The number of rotatable bonds is 2. The minimum Gasteiger partial charge on any atom is -0.224 e. The van der Waals surface area contributed by atoms with E-state index in [1.165, 1.54) is 0 Å². The predicted octanol–water partition coefficient (Wildman–Crippen LogP) is 1.51. The molecule has 0 N–H and O–H groups in total. The molecule has 0 saturated heterocycles. The maximum Gasteiger partial charge on any atom is 0.417 e. The lowest BCUT2D eigenvalue weighted by atomic mass is 10.2. The molecule has 0 aliphatic rings. The summed E-state index contributed by atoms with van der Waals surface area (Å²) in [5.74, 6) is 0. The molecule has 0 aliphatic carbocycles. The molecule has 1 aromatic carbocycles. The van der Waals surface area contributed by atoms with Crippen molar-refractivity contribution in [2.75, 3.05) is 12.5 Å². The summed E-state index contributed by atoms with van der Waals surface area (Å²) >= 11 is 0. The van der Waals surface area contributed by atoms with Crippen LogP contribution in [-0.2, 0) is 25.9 Å². The molecule has 0 bridgehead atoms. The van der Waals surface area contributed by atoms with Gasteiger partial charge in [0.1, 0.15) is 0 Å². The van der Waals surface area contributed by atoms with Gasteiger partial charge in [-0.3, -0.25) is 0 Å². The Kier molecular flexibility index (Phi) is 3.52. The number of sulfone groups is 2. The highest BCUT2D eigenvalue weighted by molar-refractivity contribution is 7.93. The smallest absolute Gasteiger partial charge is 0.224 e. The van der Waals surface area contributed by atoms with Crippen LogP contribution >= 0.6 is 0 Å². The maximum atomic E-state index is 12.7. The van der Waals surface area contributed by atoms with Crippen LogP contribution in [-0.4, -0.2) is 29.3 Å². The molecule has 0 amide bonds. The summed E-state index contributed by atoms with van der Waals surface area (Å²) in [6, 6.07) is 2.22. The minimum atomic E-state index is -4.95. The first-order valence-corrected chi connectivity index (χ1v) is 8.24. The van der Waals surface area contributed by atoms with Gasteiger partial charge < -0.3 is 0 Å². The lowest BCUT2D eigenvalue weighted by Crippen LogP contribution is -2.16. The van der Waals surface area contributed by atoms with Crippen LogP contribution in [0.1, 0.15) is 5.56 Å². The van der Waals surface area contributed by atoms with Crippen molar-refractivity contribution in [2.45, 2.75) is 16.0 Å². The Bertz CT molecular complexity index is 672. The third-order valence-electron chi connectivity index (χ3n) is 2.05. The summed E-state index contributed by atoms with van der Waals surface area (Å²) in [6.07, 6.45) is -3.76. The van der Waals surface area contributed by atoms with Crippen LogP contribution in [0.2, 0.25) is 0 Å². The largest absolute Gasteiger partial charge is 0.417 e. The van der Waals surface area contributed by atoms with Crippen molar-refractivity contribution in [3.63, 3.8) is 0 Å². The maximum absolute atomic E-state index is 12.7. The third kappa shape index (κ3) is 3.02. The van der Waals surface area contributed by atoms with Gasteiger partial charge >= 0.3 is 6.18 Å². The van der Waals surface area contributed by atoms with Crippen molar-refractivity contribution in [3.8, 4) is 0 Å². The molecule has 0 fully saturated rings. The fraction of sp³-hybridized carbons (Fsp3) is 0.333. The Labute approximate surface area is 102 Å². The molecular formula is C9H9F3O4S2. The van der Waals surface area contributed by atoms with E-state index < -0.39 is 41.2 Å². The summed E-state index contributed by atoms with van der Waals surface area (Å²) in [4.78, 5) is -2.06. The van der Waals surface area contributed by atoms with E-state index in [9.17, 15) is 30.0 Å². The summed E-state index contributed by atoms with van der Waals surface area (Å²) < 4.78 is 83.6. The predicted molar refractivity (Wildman–Crippen MR) is 57.7 cm³/mol. The number of hydrogen-bond acceptors (Lipinski definition) is 4. The number of alkyl halides is 3. The van der Waals surface area contributed by atoms with Gasteiger partial charge in [0.05, 0.1) is 15.4 Å². The van der Waals surface area contributed by atoms with Crippen LogP contribution in [0, 0.1) is 0 Å². The highest BCUT2D eigenvalue weighted by Crippen LogP contribution is 2.37. The number of halogens is 3. The summed E-state index contributed by atoms with van der Waals surface area (Å²) in [5, 5.41) is 0. The van der Waals surface area contributed by atoms with Gasteiger partial charge in [-0.2, -0.15) is 13.2 Å². The Morgan fingerprint density at radius 2 is 1.44 bits per heavy atom. The first-order chi connectivity index (χ1) is 7.85. The Morgan fingerprint density at radius 3 is 1.78 bits per heavy atom. The van der Waals surface area contributed by atoms with Crippen molar-refractivity contribution in [2.24, 2.45) is 0 Å². The summed E-state index contributed by atoms with van der Waals surface area (Å²) in [7, 11) is -8.41. The van der Waals surface area contributed by atoms with Gasteiger partial charge in [-0.15, -0.1) is 0 Å². The van der Waals surface area contributed by atoms with Crippen molar-refractivity contribution >= 4 is 19.7 Å². The molecule has 0 spiro atoms. The topological polar surface area (TPSA) is 68.3 Å². The van der Waals surface area contributed by atoms with E-state index in [0.717, 1.165) is 12.1 Å². The minimum absolute atomic E-state index is 0.533. The van der Waals surface area contributed by atoms with Gasteiger partial charge in [-0.25, -0.2) is 16.8 Å². The zero-order valence-corrected chi connectivity index (χ0v) is 10.9. The van der Waals surface area contributed by atoms with Crippen LogP contribution in [0.5, 0.6) is 0 Å². The molecule has 102 valence electrons. The van der Waals surface area contributed by atoms with Crippen LogP contribution in [0.15, 0.2) is 28.0 Å². The van der Waals surface area contributed by atoms with Crippen LogP contribution in [0.3, 0.4) is 0 Å². The summed E-state index contributed by atoms with van der Waals surface area (Å²) in [6.45, 7) is 0. The Morgan fingerprint density at radius 1 is 0.944 bits per heavy atom. The highest BCUT2D eigenvalue weighted by Gasteiger charge is 2.38. The molecule has 9 heteroatoms. The van der Waals surface area contributed by atoms with E-state index in [-0.39, 0.29) is 0 Å². The van der Waals surface area contributed by atoms with E-state index in [0.29, 0.717) is 18.6 Å². The third-order valence-corrected chi connectivity index (χ3v) is 4.50. The first-order valence-electron chi connectivity index (χ1n) is 4.45. The Balaban J connectivity index is 3.91. The quantitative estimate of drug-likeness (QED) is 0.830. The van der Waals surface area contributed by atoms with Gasteiger partial charge in [-0.1, -0.05) is 6.07 Å². The van der Waals surface area contributed by atoms with Crippen molar-refractivity contribution in [1.82, 2.24) is 0 Å². The van der Waals surface area contributed by atoms with Gasteiger partial charge in [0.15, 0.2) is 19.7 Å². The molecule has 1 aromatic rings. The molecule has 4 nitrogen and oxygen atoms in total. The summed E-state index contributed by atoms with van der Waals surface area (Å²) in [5.41, 5.74) is -1.48. The van der Waals surface area contributed by atoms with Gasteiger partial charge in [0, 0.05) is 12.5 Å². The first kappa shape index (κ1) is 15.0. The highest BCUT2D eigenvalue weighted by atomic mass is 32.2. The van der Waals surface area contributed by atoms with E-state index in [2.05, 4.69) is 0 Å². The lowest BCUT2D eigenvalue weighted by molar-refractivity contribution is -0.140. The zero-order chi connectivity index (χ0) is 14.4.